The molecule has 2 aromatic rings. The van der Waals surface area contributed by atoms with Gasteiger partial charge in [-0.2, -0.15) is 0 Å². The first-order valence-electron chi connectivity index (χ1n) is 6.08. The maximum Gasteiger partial charge on any atom is 0.167 e. The highest BCUT2D eigenvalue weighted by Crippen LogP contribution is 2.23. The Morgan fingerprint density at radius 2 is 2.06 bits per heavy atom. The number of hydrogen-bond acceptors (Lipinski definition) is 4. The van der Waals surface area contributed by atoms with E-state index in [4.69, 9.17) is 15.0 Å². The zero-order valence-corrected chi connectivity index (χ0v) is 10.7. The van der Waals surface area contributed by atoms with Gasteiger partial charge in [-0.1, -0.05) is 12.1 Å². The monoisotopic (exact) mass is 246 g/mol. The van der Waals surface area contributed by atoms with Gasteiger partial charge in [-0.25, -0.2) is 0 Å². The van der Waals surface area contributed by atoms with Gasteiger partial charge in [-0.05, 0) is 30.7 Å². The highest BCUT2D eigenvalue weighted by molar-refractivity contribution is 5.58. The Labute approximate surface area is 107 Å². The standard InChI is InChI=1S/C14H18N2O2/c1-3-11(15)8-12-9-14(18-16-12)10-4-6-13(17-2)7-5-10/h4-7,9,11H,3,8,15H2,1-2H3. The summed E-state index contributed by atoms with van der Waals surface area (Å²) in [5.74, 6) is 1.59. The van der Waals surface area contributed by atoms with E-state index in [2.05, 4.69) is 12.1 Å². The Bertz CT molecular complexity index is 491. The third kappa shape index (κ3) is 2.90. The van der Waals surface area contributed by atoms with Gasteiger partial charge in [0.2, 0.25) is 0 Å². The molecule has 0 saturated heterocycles. The topological polar surface area (TPSA) is 61.3 Å². The number of ether oxygens (including phenoxy) is 1. The Hall–Kier alpha value is -1.81. The quantitative estimate of drug-likeness (QED) is 0.881. The summed E-state index contributed by atoms with van der Waals surface area (Å²) in [6.07, 6.45) is 1.68. The van der Waals surface area contributed by atoms with E-state index in [1.54, 1.807) is 7.11 Å². The first-order chi connectivity index (χ1) is 8.72. The molecule has 1 atom stereocenters. The Kier molecular flexibility index (Phi) is 3.99. The van der Waals surface area contributed by atoms with Gasteiger partial charge in [-0.15, -0.1) is 0 Å². The molecule has 2 N–H and O–H groups in total. The fraction of sp³-hybridized carbons (Fsp3) is 0.357. The summed E-state index contributed by atoms with van der Waals surface area (Å²) >= 11 is 0. The zero-order chi connectivity index (χ0) is 13.0. The van der Waals surface area contributed by atoms with Gasteiger partial charge in [0.15, 0.2) is 5.76 Å². The van der Waals surface area contributed by atoms with Crippen molar-refractivity contribution in [3.05, 3.63) is 36.0 Å². The Balaban J connectivity index is 2.13. The fourth-order valence-electron chi connectivity index (χ4n) is 1.71. The van der Waals surface area contributed by atoms with Crippen molar-refractivity contribution in [2.45, 2.75) is 25.8 Å². The van der Waals surface area contributed by atoms with Crippen LogP contribution < -0.4 is 10.5 Å². The van der Waals surface area contributed by atoms with E-state index in [1.807, 2.05) is 30.3 Å². The molecular formula is C14H18N2O2. The normalized spacial score (nSPS) is 12.4. The molecule has 0 spiro atoms. The summed E-state index contributed by atoms with van der Waals surface area (Å²) in [6.45, 7) is 2.06. The van der Waals surface area contributed by atoms with Crippen molar-refractivity contribution in [1.82, 2.24) is 5.16 Å². The molecule has 0 fully saturated rings. The number of methoxy groups -OCH3 is 1. The van der Waals surface area contributed by atoms with Crippen molar-refractivity contribution >= 4 is 0 Å². The van der Waals surface area contributed by atoms with Crippen molar-refractivity contribution in [3.63, 3.8) is 0 Å². The molecule has 0 aliphatic heterocycles. The van der Waals surface area contributed by atoms with Gasteiger partial charge in [0.1, 0.15) is 5.75 Å². The molecule has 1 unspecified atom stereocenters. The molecule has 96 valence electrons. The van der Waals surface area contributed by atoms with Crippen molar-refractivity contribution in [2.75, 3.05) is 7.11 Å². The van der Waals surface area contributed by atoms with Crippen molar-refractivity contribution in [2.24, 2.45) is 5.73 Å². The third-order valence-corrected chi connectivity index (χ3v) is 2.93. The number of hydrogen-bond donors (Lipinski definition) is 1. The summed E-state index contributed by atoms with van der Waals surface area (Å²) < 4.78 is 10.4. The van der Waals surface area contributed by atoms with E-state index < -0.39 is 0 Å². The molecule has 0 aliphatic carbocycles. The molecule has 0 saturated carbocycles. The number of nitrogens with zero attached hydrogens (tertiary/aromatic N) is 1. The second-order valence-electron chi connectivity index (χ2n) is 4.28. The molecule has 1 heterocycles. The van der Waals surface area contributed by atoms with Crippen molar-refractivity contribution in [3.8, 4) is 17.1 Å². The van der Waals surface area contributed by atoms with E-state index >= 15 is 0 Å². The lowest BCUT2D eigenvalue weighted by molar-refractivity contribution is 0.413. The first kappa shape index (κ1) is 12.6. The number of benzene rings is 1. The van der Waals surface area contributed by atoms with Gasteiger partial charge >= 0.3 is 0 Å². The maximum absolute atomic E-state index is 5.89. The summed E-state index contributed by atoms with van der Waals surface area (Å²) in [7, 11) is 1.65. The van der Waals surface area contributed by atoms with Crippen LogP contribution in [-0.4, -0.2) is 18.3 Å². The summed E-state index contributed by atoms with van der Waals surface area (Å²) in [5, 5.41) is 4.04. The van der Waals surface area contributed by atoms with Crippen LogP contribution in [0.25, 0.3) is 11.3 Å². The zero-order valence-electron chi connectivity index (χ0n) is 10.7. The predicted octanol–water partition coefficient (Wildman–Crippen LogP) is 2.63. The van der Waals surface area contributed by atoms with Crippen LogP contribution in [0.3, 0.4) is 0 Å². The molecular weight excluding hydrogens is 228 g/mol. The van der Waals surface area contributed by atoms with Gasteiger partial charge in [0, 0.05) is 24.1 Å². The Morgan fingerprint density at radius 1 is 1.33 bits per heavy atom. The molecule has 1 aromatic heterocycles. The summed E-state index contributed by atoms with van der Waals surface area (Å²) in [5.41, 5.74) is 7.78. The van der Waals surface area contributed by atoms with E-state index in [0.717, 1.165) is 35.6 Å². The highest BCUT2D eigenvalue weighted by atomic mass is 16.5. The highest BCUT2D eigenvalue weighted by Gasteiger charge is 2.09. The molecule has 0 bridgehead atoms. The van der Waals surface area contributed by atoms with Crippen LogP contribution in [0.5, 0.6) is 5.75 Å². The second kappa shape index (κ2) is 5.69. The maximum atomic E-state index is 5.89. The predicted molar refractivity (Wildman–Crippen MR) is 70.5 cm³/mol. The van der Waals surface area contributed by atoms with Crippen LogP contribution in [0.4, 0.5) is 0 Å². The van der Waals surface area contributed by atoms with Gasteiger partial charge in [-0.3, -0.25) is 0 Å². The third-order valence-electron chi connectivity index (χ3n) is 2.93. The van der Waals surface area contributed by atoms with Gasteiger partial charge in [0.25, 0.3) is 0 Å². The number of rotatable bonds is 5. The SMILES string of the molecule is CCC(N)Cc1cc(-c2ccc(OC)cc2)on1. The average molecular weight is 246 g/mol. The molecule has 0 radical (unpaired) electrons. The summed E-state index contributed by atoms with van der Waals surface area (Å²) in [4.78, 5) is 0. The van der Waals surface area contributed by atoms with Crippen LogP contribution in [0.1, 0.15) is 19.0 Å². The molecule has 4 heteroatoms. The lowest BCUT2D eigenvalue weighted by Crippen LogP contribution is -2.21. The lowest BCUT2D eigenvalue weighted by atomic mass is 10.1. The molecule has 0 aliphatic rings. The molecule has 4 nitrogen and oxygen atoms in total. The van der Waals surface area contributed by atoms with E-state index in [0.29, 0.717) is 0 Å². The largest absolute Gasteiger partial charge is 0.497 e. The van der Waals surface area contributed by atoms with Crippen molar-refractivity contribution in [1.29, 1.82) is 0 Å². The number of aromatic nitrogens is 1. The fourth-order valence-corrected chi connectivity index (χ4v) is 1.71. The van der Waals surface area contributed by atoms with Crippen LogP contribution >= 0.6 is 0 Å². The van der Waals surface area contributed by atoms with E-state index in [-0.39, 0.29) is 6.04 Å². The minimum absolute atomic E-state index is 0.138. The van der Waals surface area contributed by atoms with Crippen LogP contribution in [0, 0.1) is 0 Å². The minimum Gasteiger partial charge on any atom is -0.497 e. The van der Waals surface area contributed by atoms with Crippen LogP contribution in [0.15, 0.2) is 34.9 Å². The van der Waals surface area contributed by atoms with E-state index in [9.17, 15) is 0 Å². The first-order valence-corrected chi connectivity index (χ1v) is 6.08. The van der Waals surface area contributed by atoms with Gasteiger partial charge < -0.3 is 15.0 Å². The molecule has 1 aromatic carbocycles. The van der Waals surface area contributed by atoms with Gasteiger partial charge in [0.05, 0.1) is 12.8 Å². The van der Waals surface area contributed by atoms with E-state index in [1.165, 1.54) is 0 Å². The number of nitrogens with two attached hydrogens (primary N) is 1. The molecule has 0 amide bonds. The second-order valence-corrected chi connectivity index (χ2v) is 4.28. The molecule has 2 rings (SSSR count). The van der Waals surface area contributed by atoms with Crippen LogP contribution in [-0.2, 0) is 6.42 Å². The Morgan fingerprint density at radius 3 is 2.67 bits per heavy atom. The molecule has 18 heavy (non-hydrogen) atoms. The lowest BCUT2D eigenvalue weighted by Gasteiger charge is -2.03. The summed E-state index contributed by atoms with van der Waals surface area (Å²) in [6, 6.07) is 9.77. The van der Waals surface area contributed by atoms with Crippen molar-refractivity contribution < 1.29 is 9.26 Å². The average Bonchev–Trinajstić information content (AvgIpc) is 2.87. The smallest absolute Gasteiger partial charge is 0.167 e. The minimum atomic E-state index is 0.138. The van der Waals surface area contributed by atoms with Crippen LogP contribution in [0.2, 0.25) is 0 Å².